The minimum absolute atomic E-state index is 0.293. The van der Waals surface area contributed by atoms with Gasteiger partial charge in [-0.3, -0.25) is 4.79 Å². The third-order valence-corrected chi connectivity index (χ3v) is 3.18. The number of carbonyl (C=O) groups is 1. The maximum Gasteiger partial charge on any atom is 0.257 e. The Bertz CT molecular complexity index is 656. The van der Waals surface area contributed by atoms with E-state index in [1.54, 1.807) is 37.4 Å². The fourth-order valence-electron chi connectivity index (χ4n) is 1.82. The molecule has 0 bridgehead atoms. The SMILES string of the molecule is COc1ccc(NC(=O)c2cc(Cl)ccc2N)c(C)c1. The molecule has 2 rings (SSSR count). The summed E-state index contributed by atoms with van der Waals surface area (Å²) in [6, 6.07) is 10.2. The number of amides is 1. The van der Waals surface area contributed by atoms with Crippen molar-refractivity contribution in [2.45, 2.75) is 6.92 Å². The van der Waals surface area contributed by atoms with Crippen LogP contribution in [0.25, 0.3) is 0 Å². The maximum absolute atomic E-state index is 12.2. The second kappa shape index (κ2) is 5.84. The number of anilines is 2. The minimum atomic E-state index is -0.293. The van der Waals surface area contributed by atoms with E-state index >= 15 is 0 Å². The molecule has 2 aromatic rings. The van der Waals surface area contributed by atoms with Crippen molar-refractivity contribution in [3.8, 4) is 5.75 Å². The first-order chi connectivity index (χ1) is 9.51. The summed E-state index contributed by atoms with van der Waals surface area (Å²) in [4.78, 5) is 12.2. The lowest BCUT2D eigenvalue weighted by molar-refractivity contribution is 0.102. The number of hydrogen-bond donors (Lipinski definition) is 2. The van der Waals surface area contributed by atoms with E-state index in [4.69, 9.17) is 22.1 Å². The van der Waals surface area contributed by atoms with Crippen LogP contribution in [0.4, 0.5) is 11.4 Å². The molecule has 2 aromatic carbocycles. The van der Waals surface area contributed by atoms with Crippen LogP contribution in [0.5, 0.6) is 5.75 Å². The Hall–Kier alpha value is -2.20. The number of ether oxygens (including phenoxy) is 1. The van der Waals surface area contributed by atoms with E-state index in [9.17, 15) is 4.79 Å². The van der Waals surface area contributed by atoms with Gasteiger partial charge in [0.2, 0.25) is 0 Å². The van der Waals surface area contributed by atoms with Gasteiger partial charge in [0, 0.05) is 16.4 Å². The van der Waals surface area contributed by atoms with Crippen LogP contribution < -0.4 is 15.8 Å². The van der Waals surface area contributed by atoms with E-state index in [-0.39, 0.29) is 5.91 Å². The smallest absolute Gasteiger partial charge is 0.257 e. The molecule has 0 spiro atoms. The number of nitrogens with two attached hydrogens (primary N) is 1. The molecule has 1 amide bonds. The van der Waals surface area contributed by atoms with Crippen molar-refractivity contribution in [3.63, 3.8) is 0 Å². The van der Waals surface area contributed by atoms with E-state index in [0.717, 1.165) is 11.3 Å². The van der Waals surface area contributed by atoms with Gasteiger partial charge in [-0.25, -0.2) is 0 Å². The molecule has 3 N–H and O–H groups in total. The zero-order valence-corrected chi connectivity index (χ0v) is 12.0. The summed E-state index contributed by atoms with van der Waals surface area (Å²) in [5.74, 6) is 0.445. The molecule has 0 aliphatic rings. The molecule has 0 saturated carbocycles. The van der Waals surface area contributed by atoms with E-state index in [2.05, 4.69) is 5.32 Å². The summed E-state index contributed by atoms with van der Waals surface area (Å²) in [6.45, 7) is 1.89. The highest BCUT2D eigenvalue weighted by Crippen LogP contribution is 2.23. The fourth-order valence-corrected chi connectivity index (χ4v) is 1.99. The number of methoxy groups -OCH3 is 1. The highest BCUT2D eigenvalue weighted by Gasteiger charge is 2.12. The first kappa shape index (κ1) is 14.2. The summed E-state index contributed by atoms with van der Waals surface area (Å²) in [5, 5.41) is 3.28. The highest BCUT2D eigenvalue weighted by atomic mass is 35.5. The molecule has 0 radical (unpaired) electrons. The molecule has 0 unspecified atom stereocenters. The van der Waals surface area contributed by atoms with Crippen LogP contribution in [0, 0.1) is 6.92 Å². The average molecular weight is 291 g/mol. The largest absolute Gasteiger partial charge is 0.497 e. The summed E-state index contributed by atoms with van der Waals surface area (Å²) < 4.78 is 5.12. The lowest BCUT2D eigenvalue weighted by atomic mass is 10.1. The normalized spacial score (nSPS) is 10.2. The topological polar surface area (TPSA) is 64.3 Å². The zero-order valence-electron chi connectivity index (χ0n) is 11.2. The molecule has 0 aliphatic heterocycles. The second-order valence-corrected chi connectivity index (χ2v) is 4.80. The van der Waals surface area contributed by atoms with Crippen LogP contribution in [0.3, 0.4) is 0 Å². The van der Waals surface area contributed by atoms with Crippen LogP contribution in [0.15, 0.2) is 36.4 Å². The van der Waals surface area contributed by atoms with E-state index < -0.39 is 0 Å². The lowest BCUT2D eigenvalue weighted by Crippen LogP contribution is -2.14. The predicted octanol–water partition coefficient (Wildman–Crippen LogP) is 3.49. The van der Waals surface area contributed by atoms with Crippen LogP contribution in [-0.4, -0.2) is 13.0 Å². The molecular weight excluding hydrogens is 276 g/mol. The van der Waals surface area contributed by atoms with Crippen molar-refractivity contribution in [2.75, 3.05) is 18.2 Å². The molecule has 0 heterocycles. The Morgan fingerprint density at radius 3 is 2.65 bits per heavy atom. The van der Waals surface area contributed by atoms with Gasteiger partial charge in [0.1, 0.15) is 5.75 Å². The molecule has 0 aliphatic carbocycles. The molecule has 4 nitrogen and oxygen atoms in total. The van der Waals surface area contributed by atoms with Crippen molar-refractivity contribution >= 4 is 28.9 Å². The van der Waals surface area contributed by atoms with Gasteiger partial charge >= 0.3 is 0 Å². The quantitative estimate of drug-likeness (QED) is 0.851. The number of nitrogens with one attached hydrogen (secondary N) is 1. The summed E-state index contributed by atoms with van der Waals surface area (Å²) in [6.07, 6.45) is 0. The minimum Gasteiger partial charge on any atom is -0.497 e. The van der Waals surface area contributed by atoms with Crippen LogP contribution in [-0.2, 0) is 0 Å². The van der Waals surface area contributed by atoms with Gasteiger partial charge in [0.25, 0.3) is 5.91 Å². The number of halogens is 1. The third-order valence-electron chi connectivity index (χ3n) is 2.94. The molecule has 0 aromatic heterocycles. The van der Waals surface area contributed by atoms with Crippen molar-refractivity contribution in [1.29, 1.82) is 0 Å². The zero-order chi connectivity index (χ0) is 14.7. The van der Waals surface area contributed by atoms with Gasteiger partial charge < -0.3 is 15.8 Å². The van der Waals surface area contributed by atoms with Crippen molar-refractivity contribution < 1.29 is 9.53 Å². The Labute approximate surface area is 122 Å². The van der Waals surface area contributed by atoms with Crippen molar-refractivity contribution in [1.82, 2.24) is 0 Å². The van der Waals surface area contributed by atoms with Gasteiger partial charge in [0.15, 0.2) is 0 Å². The van der Waals surface area contributed by atoms with Crippen molar-refractivity contribution in [2.24, 2.45) is 0 Å². The van der Waals surface area contributed by atoms with E-state index in [0.29, 0.717) is 22.0 Å². The molecule has 0 atom stereocenters. The average Bonchev–Trinajstić information content (AvgIpc) is 2.43. The molecule has 104 valence electrons. The number of rotatable bonds is 3. The summed E-state index contributed by atoms with van der Waals surface area (Å²) in [5.41, 5.74) is 8.13. The monoisotopic (exact) mass is 290 g/mol. The Morgan fingerprint density at radius 1 is 1.25 bits per heavy atom. The van der Waals surface area contributed by atoms with Crippen molar-refractivity contribution in [3.05, 3.63) is 52.5 Å². The summed E-state index contributed by atoms with van der Waals surface area (Å²) in [7, 11) is 1.60. The standard InChI is InChI=1S/C15H15ClN2O2/c1-9-7-11(20-2)4-6-14(9)18-15(19)12-8-10(16)3-5-13(12)17/h3-8H,17H2,1-2H3,(H,18,19). The predicted molar refractivity (Wildman–Crippen MR) is 81.5 cm³/mol. The van der Waals surface area contributed by atoms with Gasteiger partial charge in [-0.15, -0.1) is 0 Å². The molecular formula is C15H15ClN2O2. The number of aryl methyl sites for hydroxylation is 1. The third kappa shape index (κ3) is 3.03. The molecule has 5 heteroatoms. The number of hydrogen-bond acceptors (Lipinski definition) is 3. The number of nitrogen functional groups attached to an aromatic ring is 1. The van der Waals surface area contributed by atoms with Gasteiger partial charge in [-0.05, 0) is 48.9 Å². The highest BCUT2D eigenvalue weighted by molar-refractivity contribution is 6.31. The first-order valence-corrected chi connectivity index (χ1v) is 6.40. The molecule has 0 saturated heterocycles. The van der Waals surface area contributed by atoms with Gasteiger partial charge in [0.05, 0.1) is 12.7 Å². The Kier molecular flexibility index (Phi) is 4.15. The number of carbonyl (C=O) groups excluding carboxylic acids is 1. The molecule has 0 fully saturated rings. The second-order valence-electron chi connectivity index (χ2n) is 4.37. The maximum atomic E-state index is 12.2. The van der Waals surface area contributed by atoms with Crippen LogP contribution in [0.1, 0.15) is 15.9 Å². The van der Waals surface area contributed by atoms with Crippen LogP contribution in [0.2, 0.25) is 5.02 Å². The van der Waals surface area contributed by atoms with Crippen LogP contribution >= 0.6 is 11.6 Å². The fraction of sp³-hybridized carbons (Fsp3) is 0.133. The van der Waals surface area contributed by atoms with Gasteiger partial charge in [-0.1, -0.05) is 11.6 Å². The first-order valence-electron chi connectivity index (χ1n) is 6.02. The summed E-state index contributed by atoms with van der Waals surface area (Å²) >= 11 is 5.88. The van der Waals surface area contributed by atoms with E-state index in [1.165, 1.54) is 0 Å². The van der Waals surface area contributed by atoms with E-state index in [1.807, 2.05) is 13.0 Å². The Morgan fingerprint density at radius 2 is 2.00 bits per heavy atom. The van der Waals surface area contributed by atoms with Gasteiger partial charge in [-0.2, -0.15) is 0 Å². The molecule has 20 heavy (non-hydrogen) atoms. The Balaban J connectivity index is 2.25. The number of benzene rings is 2. The lowest BCUT2D eigenvalue weighted by Gasteiger charge is -2.11.